The number of allylic oxidation sites excluding steroid dienone is 2. The van der Waals surface area contributed by atoms with Crippen LogP contribution < -0.4 is 9.47 Å². The number of hydrogen-bond donors (Lipinski definition) is 0. The maximum Gasteiger partial charge on any atom is 0.343 e. The molecule has 0 aliphatic heterocycles. The summed E-state index contributed by atoms with van der Waals surface area (Å²) in [5, 5.41) is 0. The van der Waals surface area contributed by atoms with Crippen molar-refractivity contribution in [1.29, 1.82) is 0 Å². The van der Waals surface area contributed by atoms with Crippen molar-refractivity contribution in [2.45, 2.75) is 32.8 Å². The highest BCUT2D eigenvalue weighted by Crippen LogP contribution is 2.31. The smallest absolute Gasteiger partial charge is 0.343 e. The van der Waals surface area contributed by atoms with Gasteiger partial charge in [-0.05, 0) is 90.9 Å². The lowest BCUT2D eigenvalue weighted by molar-refractivity contribution is -0.143. The number of benzene rings is 3. The van der Waals surface area contributed by atoms with E-state index in [-0.39, 0.29) is 0 Å². The zero-order chi connectivity index (χ0) is 24.9. The van der Waals surface area contributed by atoms with Gasteiger partial charge in [-0.1, -0.05) is 43.0 Å². The van der Waals surface area contributed by atoms with E-state index < -0.39 is 18.0 Å². The van der Waals surface area contributed by atoms with Gasteiger partial charge in [0, 0.05) is 5.57 Å². The van der Waals surface area contributed by atoms with Crippen LogP contribution in [0.15, 0.2) is 85.0 Å². The van der Waals surface area contributed by atoms with Crippen LogP contribution in [0, 0.1) is 0 Å². The van der Waals surface area contributed by atoms with Gasteiger partial charge in [0.15, 0.2) is 0 Å². The van der Waals surface area contributed by atoms with E-state index in [4.69, 9.17) is 14.2 Å². The summed E-state index contributed by atoms with van der Waals surface area (Å²) in [7, 11) is 1.66. The van der Waals surface area contributed by atoms with Crippen molar-refractivity contribution in [2.24, 2.45) is 0 Å². The van der Waals surface area contributed by atoms with Crippen LogP contribution in [-0.2, 0) is 22.4 Å². The number of ether oxygens (including phenoxy) is 3. The Labute approximate surface area is 205 Å². The fourth-order valence-corrected chi connectivity index (χ4v) is 3.95. The SMILES string of the molecule is C=C(C)C(=O)OC(C)c1ccc(C(=O)Oc2ccc3c(c2)CC=C(c2ccc(OC)cc2)C3)cc1. The number of fused-ring (bicyclic) bond motifs is 1. The molecule has 0 radical (unpaired) electrons. The summed E-state index contributed by atoms with van der Waals surface area (Å²) in [5.41, 5.74) is 6.37. The standard InChI is InChI=1S/C30H28O5/c1-19(2)29(31)34-20(3)21-5-7-23(8-6-21)30(32)35-28-16-13-25-17-24(9-10-26(25)18-28)22-11-14-27(33-4)15-12-22/h5-9,11-16,18,20H,1,10,17H2,2-4H3. The fourth-order valence-electron chi connectivity index (χ4n) is 3.95. The van der Waals surface area contributed by atoms with Crippen molar-refractivity contribution in [3.8, 4) is 11.5 Å². The van der Waals surface area contributed by atoms with Crippen LogP contribution in [0.2, 0.25) is 0 Å². The van der Waals surface area contributed by atoms with E-state index in [0.29, 0.717) is 16.9 Å². The molecule has 178 valence electrons. The zero-order valence-corrected chi connectivity index (χ0v) is 20.2. The first-order valence-corrected chi connectivity index (χ1v) is 11.5. The quantitative estimate of drug-likeness (QED) is 0.232. The number of carbonyl (C=O) groups is 2. The van der Waals surface area contributed by atoms with Crippen LogP contribution in [0.3, 0.4) is 0 Å². The molecule has 0 spiro atoms. The first-order chi connectivity index (χ1) is 16.8. The molecule has 0 heterocycles. The van der Waals surface area contributed by atoms with Gasteiger partial charge in [0.1, 0.15) is 17.6 Å². The minimum Gasteiger partial charge on any atom is -0.497 e. The first-order valence-electron chi connectivity index (χ1n) is 11.5. The lowest BCUT2D eigenvalue weighted by Crippen LogP contribution is -2.11. The Hall–Kier alpha value is -4.12. The van der Waals surface area contributed by atoms with Gasteiger partial charge in [-0.2, -0.15) is 0 Å². The molecule has 0 saturated carbocycles. The highest BCUT2D eigenvalue weighted by Gasteiger charge is 2.17. The van der Waals surface area contributed by atoms with Crippen molar-refractivity contribution >= 4 is 17.5 Å². The van der Waals surface area contributed by atoms with E-state index >= 15 is 0 Å². The number of carbonyl (C=O) groups excluding carboxylic acids is 2. The van der Waals surface area contributed by atoms with Gasteiger partial charge in [0.2, 0.25) is 0 Å². The monoisotopic (exact) mass is 468 g/mol. The van der Waals surface area contributed by atoms with E-state index in [0.717, 1.165) is 29.7 Å². The van der Waals surface area contributed by atoms with Crippen LogP contribution in [0.25, 0.3) is 5.57 Å². The Bertz CT molecular complexity index is 1280. The fraction of sp³-hybridized carbons (Fsp3) is 0.200. The molecule has 5 nitrogen and oxygen atoms in total. The second-order valence-corrected chi connectivity index (χ2v) is 8.61. The molecule has 1 aliphatic rings. The van der Waals surface area contributed by atoms with Gasteiger partial charge >= 0.3 is 11.9 Å². The molecule has 0 saturated heterocycles. The summed E-state index contributed by atoms with van der Waals surface area (Å²) in [6, 6.07) is 20.7. The second-order valence-electron chi connectivity index (χ2n) is 8.61. The largest absolute Gasteiger partial charge is 0.497 e. The highest BCUT2D eigenvalue weighted by atomic mass is 16.5. The van der Waals surface area contributed by atoms with Crippen molar-refractivity contribution in [3.63, 3.8) is 0 Å². The van der Waals surface area contributed by atoms with Crippen molar-refractivity contribution in [2.75, 3.05) is 7.11 Å². The number of esters is 2. The molecule has 0 fully saturated rings. The Kier molecular flexibility index (Phi) is 7.16. The molecule has 3 aromatic rings. The van der Waals surface area contributed by atoms with Crippen molar-refractivity contribution in [1.82, 2.24) is 0 Å². The van der Waals surface area contributed by atoms with Crippen LogP contribution in [-0.4, -0.2) is 19.0 Å². The summed E-state index contributed by atoms with van der Waals surface area (Å²) >= 11 is 0. The third-order valence-corrected chi connectivity index (χ3v) is 6.05. The number of hydrogen-bond acceptors (Lipinski definition) is 5. The highest BCUT2D eigenvalue weighted by molar-refractivity contribution is 5.91. The number of methoxy groups -OCH3 is 1. The van der Waals surface area contributed by atoms with Crippen molar-refractivity contribution < 1.29 is 23.8 Å². The van der Waals surface area contributed by atoms with Gasteiger partial charge in [-0.25, -0.2) is 9.59 Å². The van der Waals surface area contributed by atoms with E-state index in [1.165, 1.54) is 16.7 Å². The lowest BCUT2D eigenvalue weighted by atomic mass is 9.88. The van der Waals surface area contributed by atoms with E-state index in [1.807, 2.05) is 30.3 Å². The predicted molar refractivity (Wildman–Crippen MR) is 136 cm³/mol. The molecule has 0 bridgehead atoms. The second kappa shape index (κ2) is 10.4. The topological polar surface area (TPSA) is 61.8 Å². The van der Waals surface area contributed by atoms with E-state index in [1.54, 1.807) is 45.2 Å². The first kappa shape index (κ1) is 24.0. The van der Waals surface area contributed by atoms with E-state index in [2.05, 4.69) is 24.8 Å². The van der Waals surface area contributed by atoms with Gasteiger partial charge in [0.05, 0.1) is 12.7 Å². The molecule has 1 unspecified atom stereocenters. The summed E-state index contributed by atoms with van der Waals surface area (Å²) in [6.45, 7) is 6.96. The van der Waals surface area contributed by atoms with Crippen LogP contribution >= 0.6 is 0 Å². The summed E-state index contributed by atoms with van der Waals surface area (Å²) < 4.78 is 16.2. The molecule has 0 N–H and O–H groups in total. The molecular weight excluding hydrogens is 440 g/mol. The van der Waals surface area contributed by atoms with Crippen LogP contribution in [0.5, 0.6) is 11.5 Å². The average Bonchev–Trinajstić information content (AvgIpc) is 2.88. The maximum atomic E-state index is 12.7. The minimum atomic E-state index is -0.445. The summed E-state index contributed by atoms with van der Waals surface area (Å²) in [4.78, 5) is 24.4. The Balaban J connectivity index is 1.39. The van der Waals surface area contributed by atoms with Gasteiger partial charge < -0.3 is 14.2 Å². The molecule has 0 amide bonds. The zero-order valence-electron chi connectivity index (χ0n) is 20.2. The van der Waals surface area contributed by atoms with E-state index in [9.17, 15) is 9.59 Å². The molecule has 35 heavy (non-hydrogen) atoms. The molecule has 5 heteroatoms. The molecule has 0 aromatic heterocycles. The lowest BCUT2D eigenvalue weighted by Gasteiger charge is -2.18. The Morgan fingerprint density at radius 3 is 2.26 bits per heavy atom. The summed E-state index contributed by atoms with van der Waals surface area (Å²) in [6.07, 6.45) is 3.38. The van der Waals surface area contributed by atoms with Crippen LogP contribution in [0.1, 0.15) is 52.6 Å². The van der Waals surface area contributed by atoms with Crippen molar-refractivity contribution in [3.05, 3.63) is 113 Å². The Morgan fingerprint density at radius 1 is 0.914 bits per heavy atom. The molecule has 1 atom stereocenters. The normalized spacial score (nSPS) is 13.2. The molecule has 4 rings (SSSR count). The van der Waals surface area contributed by atoms with Gasteiger partial charge in [-0.15, -0.1) is 0 Å². The molecule has 1 aliphatic carbocycles. The van der Waals surface area contributed by atoms with Gasteiger partial charge in [-0.3, -0.25) is 0 Å². The predicted octanol–water partition coefficient (Wildman–Crippen LogP) is 6.28. The Morgan fingerprint density at radius 2 is 1.60 bits per heavy atom. The third kappa shape index (κ3) is 5.69. The molecular formula is C30H28O5. The third-order valence-electron chi connectivity index (χ3n) is 6.05. The van der Waals surface area contributed by atoms with Crippen LogP contribution in [0.4, 0.5) is 0 Å². The minimum absolute atomic E-state index is 0.342. The average molecular weight is 469 g/mol. The van der Waals surface area contributed by atoms with Gasteiger partial charge in [0.25, 0.3) is 0 Å². The molecule has 3 aromatic carbocycles. The maximum absolute atomic E-state index is 12.7. The number of rotatable bonds is 7. The summed E-state index contributed by atoms with van der Waals surface area (Å²) in [5.74, 6) is 0.475.